The Hall–Kier alpha value is -2.08. The summed E-state index contributed by atoms with van der Waals surface area (Å²) in [5, 5.41) is 7.64. The molecule has 0 saturated heterocycles. The molecule has 1 aromatic carbocycles. The van der Waals surface area contributed by atoms with E-state index in [1.807, 2.05) is 23.6 Å². The van der Waals surface area contributed by atoms with Gasteiger partial charge >= 0.3 is 0 Å². The van der Waals surface area contributed by atoms with Gasteiger partial charge in [0.15, 0.2) is 11.5 Å². The summed E-state index contributed by atoms with van der Waals surface area (Å²) in [6.45, 7) is 7.16. The van der Waals surface area contributed by atoms with Gasteiger partial charge < -0.3 is 9.47 Å². The molecular weight excluding hydrogens is 358 g/mol. The second-order valence-electron chi connectivity index (χ2n) is 8.27. The molecule has 6 heteroatoms. The van der Waals surface area contributed by atoms with Crippen LogP contribution in [0.25, 0.3) is 11.3 Å². The predicted octanol–water partition coefficient (Wildman–Crippen LogP) is 5.44. The molecule has 1 N–H and O–H groups in total. The van der Waals surface area contributed by atoms with Crippen molar-refractivity contribution < 1.29 is 9.47 Å². The Kier molecular flexibility index (Phi) is 4.41. The van der Waals surface area contributed by atoms with Crippen LogP contribution in [0.2, 0.25) is 0 Å². The minimum atomic E-state index is 0.202. The molecule has 5 nitrogen and oxygen atoms in total. The number of hydrogen-bond acceptors (Lipinski definition) is 6. The molecule has 2 aliphatic carbocycles. The van der Waals surface area contributed by atoms with Gasteiger partial charge in [-0.2, -0.15) is 5.10 Å². The zero-order valence-electron chi connectivity index (χ0n) is 16.6. The average molecular weight is 386 g/mol. The van der Waals surface area contributed by atoms with Gasteiger partial charge in [-0.25, -0.2) is 4.98 Å². The zero-order chi connectivity index (χ0) is 19.2. The van der Waals surface area contributed by atoms with Crippen LogP contribution in [0.4, 0.5) is 5.13 Å². The Morgan fingerprint density at radius 2 is 1.96 bits per heavy atom. The van der Waals surface area contributed by atoms with Gasteiger partial charge in [-0.05, 0) is 48.8 Å². The third kappa shape index (κ3) is 2.81. The number of rotatable bonds is 5. The maximum atomic E-state index is 5.39. The summed E-state index contributed by atoms with van der Waals surface area (Å²) >= 11 is 1.57. The van der Waals surface area contributed by atoms with E-state index in [0.717, 1.165) is 28.7 Å². The summed E-state index contributed by atoms with van der Waals surface area (Å²) in [5.41, 5.74) is 6.95. The van der Waals surface area contributed by atoms with Crippen molar-refractivity contribution in [2.75, 3.05) is 19.6 Å². The fourth-order valence-electron chi connectivity index (χ4n) is 4.67. The fraction of sp³-hybridized carbons (Fsp3) is 0.524. The van der Waals surface area contributed by atoms with E-state index in [2.05, 4.69) is 26.2 Å². The first-order chi connectivity index (χ1) is 12.9. The Bertz CT molecular complexity index is 889. The SMILES string of the molecule is COc1ccc(-c2csc(N/N=C3/C[C@@H]4CC[C@@]3(C)C4(C)C)n2)cc1OC. The topological polar surface area (TPSA) is 55.7 Å². The molecule has 1 heterocycles. The van der Waals surface area contributed by atoms with Crippen LogP contribution in [0.3, 0.4) is 0 Å². The Morgan fingerprint density at radius 1 is 1.19 bits per heavy atom. The Morgan fingerprint density at radius 3 is 2.59 bits per heavy atom. The van der Waals surface area contributed by atoms with Gasteiger partial charge in [0, 0.05) is 22.1 Å². The summed E-state index contributed by atoms with van der Waals surface area (Å²) in [6, 6.07) is 5.84. The molecule has 0 aliphatic heterocycles. The molecule has 27 heavy (non-hydrogen) atoms. The van der Waals surface area contributed by atoms with Crippen LogP contribution in [-0.2, 0) is 0 Å². The molecule has 0 amide bonds. The third-order valence-corrected chi connectivity index (χ3v) is 7.73. The number of benzene rings is 1. The number of fused-ring (bicyclic) bond motifs is 2. The highest BCUT2D eigenvalue weighted by Crippen LogP contribution is 2.63. The van der Waals surface area contributed by atoms with Gasteiger partial charge in [-0.3, -0.25) is 5.43 Å². The first-order valence-corrected chi connectivity index (χ1v) is 10.3. The summed E-state index contributed by atoms with van der Waals surface area (Å²) in [6.07, 6.45) is 3.66. The molecule has 2 aromatic rings. The normalized spacial score (nSPS) is 27.1. The first-order valence-electron chi connectivity index (χ1n) is 9.40. The number of hydrazone groups is 1. The summed E-state index contributed by atoms with van der Waals surface area (Å²) < 4.78 is 10.7. The predicted molar refractivity (Wildman–Crippen MR) is 111 cm³/mol. The lowest BCUT2D eigenvalue weighted by Gasteiger charge is -2.34. The molecule has 0 radical (unpaired) electrons. The second kappa shape index (κ2) is 6.51. The van der Waals surface area contributed by atoms with E-state index in [0.29, 0.717) is 16.9 Å². The molecule has 2 fully saturated rings. The van der Waals surface area contributed by atoms with Crippen LogP contribution < -0.4 is 14.9 Å². The van der Waals surface area contributed by atoms with E-state index in [1.54, 1.807) is 25.6 Å². The number of ether oxygens (including phenoxy) is 2. The van der Waals surface area contributed by atoms with Gasteiger partial charge in [-0.1, -0.05) is 20.8 Å². The van der Waals surface area contributed by atoms with Gasteiger partial charge in [0.25, 0.3) is 0 Å². The highest BCUT2D eigenvalue weighted by atomic mass is 32.1. The van der Waals surface area contributed by atoms with Crippen molar-refractivity contribution in [2.45, 2.75) is 40.0 Å². The van der Waals surface area contributed by atoms with E-state index >= 15 is 0 Å². The Balaban J connectivity index is 1.53. The number of thiazole rings is 1. The van der Waals surface area contributed by atoms with E-state index in [9.17, 15) is 0 Å². The lowest BCUT2D eigenvalue weighted by molar-refractivity contribution is 0.194. The third-order valence-electron chi connectivity index (χ3n) is 6.98. The quantitative estimate of drug-likeness (QED) is 0.696. The molecule has 2 atom stereocenters. The van der Waals surface area contributed by atoms with Crippen LogP contribution in [-0.4, -0.2) is 24.9 Å². The number of aromatic nitrogens is 1. The van der Waals surface area contributed by atoms with Gasteiger partial charge in [0.2, 0.25) is 5.13 Å². The molecule has 0 unspecified atom stereocenters. The minimum Gasteiger partial charge on any atom is -0.493 e. The number of hydrogen-bond donors (Lipinski definition) is 1. The molecule has 144 valence electrons. The molecule has 2 bridgehead atoms. The van der Waals surface area contributed by atoms with Crippen LogP contribution in [0, 0.1) is 16.7 Å². The number of anilines is 1. The van der Waals surface area contributed by atoms with Gasteiger partial charge in [0.05, 0.1) is 19.9 Å². The maximum Gasteiger partial charge on any atom is 0.203 e. The van der Waals surface area contributed by atoms with Crippen LogP contribution in [0.5, 0.6) is 11.5 Å². The summed E-state index contributed by atoms with van der Waals surface area (Å²) in [7, 11) is 3.28. The molecule has 0 spiro atoms. The van der Waals surface area contributed by atoms with Crippen LogP contribution in [0.15, 0.2) is 28.7 Å². The molecule has 1 aromatic heterocycles. The lowest BCUT2D eigenvalue weighted by atomic mass is 9.70. The highest BCUT2D eigenvalue weighted by molar-refractivity contribution is 7.14. The highest BCUT2D eigenvalue weighted by Gasteiger charge is 2.59. The minimum absolute atomic E-state index is 0.202. The standard InChI is InChI=1S/C21H27N3O2S/c1-20(2)14-8-9-21(20,3)18(11-14)23-24-19-22-15(12-27-19)13-6-7-16(25-4)17(10-13)26-5/h6-7,10,12,14H,8-9,11H2,1-5H3,(H,22,24)/b23-18-/t14-,21+/m0/s1. The second-order valence-corrected chi connectivity index (χ2v) is 9.13. The largest absolute Gasteiger partial charge is 0.493 e. The van der Waals surface area contributed by atoms with E-state index in [4.69, 9.17) is 19.6 Å². The molecule has 4 rings (SSSR count). The van der Waals surface area contributed by atoms with Crippen molar-refractivity contribution in [1.82, 2.24) is 4.98 Å². The fourth-order valence-corrected chi connectivity index (χ4v) is 5.33. The molecule has 2 aliphatic rings. The molecular formula is C21H27N3O2S. The monoisotopic (exact) mass is 385 g/mol. The maximum absolute atomic E-state index is 5.39. The smallest absolute Gasteiger partial charge is 0.203 e. The summed E-state index contributed by atoms with van der Waals surface area (Å²) in [4.78, 5) is 4.70. The average Bonchev–Trinajstić information content (AvgIpc) is 3.28. The van der Waals surface area contributed by atoms with Crippen LogP contribution >= 0.6 is 11.3 Å². The van der Waals surface area contributed by atoms with Crippen molar-refractivity contribution in [2.24, 2.45) is 21.8 Å². The summed E-state index contributed by atoms with van der Waals surface area (Å²) in [5.74, 6) is 2.17. The number of methoxy groups -OCH3 is 2. The van der Waals surface area contributed by atoms with Crippen molar-refractivity contribution in [3.63, 3.8) is 0 Å². The Labute approximate surface area is 164 Å². The molecule has 2 saturated carbocycles. The van der Waals surface area contributed by atoms with Crippen molar-refractivity contribution in [3.8, 4) is 22.8 Å². The van der Waals surface area contributed by atoms with Gasteiger partial charge in [-0.15, -0.1) is 11.3 Å². The van der Waals surface area contributed by atoms with Crippen LogP contribution in [0.1, 0.15) is 40.0 Å². The van der Waals surface area contributed by atoms with Crippen molar-refractivity contribution in [3.05, 3.63) is 23.6 Å². The van der Waals surface area contributed by atoms with E-state index in [1.165, 1.54) is 18.6 Å². The lowest BCUT2D eigenvalue weighted by Crippen LogP contribution is -2.32. The van der Waals surface area contributed by atoms with Crippen molar-refractivity contribution in [1.29, 1.82) is 0 Å². The number of nitrogens with zero attached hydrogens (tertiary/aromatic N) is 2. The zero-order valence-corrected chi connectivity index (χ0v) is 17.4. The van der Waals surface area contributed by atoms with E-state index < -0.39 is 0 Å². The first kappa shape index (κ1) is 18.3. The number of nitrogens with one attached hydrogen (secondary N) is 1. The van der Waals surface area contributed by atoms with Crippen molar-refractivity contribution >= 4 is 22.2 Å². The van der Waals surface area contributed by atoms with Gasteiger partial charge in [0.1, 0.15) is 0 Å². The van der Waals surface area contributed by atoms with E-state index in [-0.39, 0.29) is 5.41 Å².